The normalized spacial score (nSPS) is 12.4. The maximum absolute atomic E-state index is 6.13. The van der Waals surface area contributed by atoms with Crippen LogP contribution in [0.5, 0.6) is 0 Å². The maximum Gasteiger partial charge on any atom is 0.231 e. The molecule has 126 valence electrons. The molecule has 0 heterocycles. The van der Waals surface area contributed by atoms with Gasteiger partial charge in [0.05, 0.1) is 0 Å². The molecule has 0 saturated heterocycles. The molecular formula is C20H18Cl2N2P+. The second-order valence-corrected chi connectivity index (χ2v) is 9.58. The third-order valence-corrected chi connectivity index (χ3v) is 7.99. The molecule has 0 aliphatic rings. The predicted octanol–water partition coefficient (Wildman–Crippen LogP) is 4.06. The summed E-state index contributed by atoms with van der Waals surface area (Å²) < 4.78 is 4.96. The van der Waals surface area contributed by atoms with Crippen molar-refractivity contribution in [2.75, 3.05) is 0 Å². The predicted molar refractivity (Wildman–Crippen MR) is 112 cm³/mol. The van der Waals surface area contributed by atoms with Gasteiger partial charge in [-0.2, -0.15) is 0 Å². The molecular weight excluding hydrogens is 370 g/mol. The fourth-order valence-electron chi connectivity index (χ4n) is 2.77. The van der Waals surface area contributed by atoms with Gasteiger partial charge in [-0.3, -0.25) is 0 Å². The number of alkyl halides is 2. The first-order valence-corrected chi connectivity index (χ1v) is 10.5. The summed E-state index contributed by atoms with van der Waals surface area (Å²) in [4.78, 5) is -0.851. The lowest BCUT2D eigenvalue weighted by molar-refractivity contribution is 1.52. The third kappa shape index (κ3) is 3.72. The SMILES string of the molecule is N/C(=N\[P+](c1ccccc1)(c1ccccc1)c1ccccc1)C(Cl)Cl. The Labute approximate surface area is 158 Å². The fourth-order valence-corrected chi connectivity index (χ4v) is 6.52. The Hall–Kier alpha value is -1.86. The van der Waals surface area contributed by atoms with E-state index in [2.05, 4.69) is 36.4 Å². The summed E-state index contributed by atoms with van der Waals surface area (Å²) in [6.07, 6.45) is 0. The minimum absolute atomic E-state index is 0.230. The van der Waals surface area contributed by atoms with E-state index in [1.807, 2.05) is 54.6 Å². The van der Waals surface area contributed by atoms with Crippen molar-refractivity contribution in [3.05, 3.63) is 91.0 Å². The molecule has 0 radical (unpaired) electrons. The molecule has 0 spiro atoms. The number of halogens is 2. The lowest BCUT2D eigenvalue weighted by atomic mass is 10.4. The number of hydrogen-bond acceptors (Lipinski definition) is 1. The van der Waals surface area contributed by atoms with Crippen molar-refractivity contribution in [3.63, 3.8) is 0 Å². The van der Waals surface area contributed by atoms with Crippen LogP contribution in [0.25, 0.3) is 0 Å². The molecule has 3 aromatic rings. The van der Waals surface area contributed by atoms with Gasteiger partial charge >= 0.3 is 0 Å². The molecule has 0 bridgehead atoms. The van der Waals surface area contributed by atoms with Gasteiger partial charge in [-0.15, -0.1) is 0 Å². The Balaban J connectivity index is 2.38. The monoisotopic (exact) mass is 387 g/mol. The van der Waals surface area contributed by atoms with E-state index in [0.29, 0.717) is 0 Å². The van der Waals surface area contributed by atoms with Crippen LogP contribution < -0.4 is 21.6 Å². The summed E-state index contributed by atoms with van der Waals surface area (Å²) in [6, 6.07) is 30.6. The van der Waals surface area contributed by atoms with Crippen LogP contribution in [0.1, 0.15) is 0 Å². The highest BCUT2D eigenvalue weighted by Gasteiger charge is 2.47. The lowest BCUT2D eigenvalue weighted by Crippen LogP contribution is -2.32. The minimum Gasteiger partial charge on any atom is -0.382 e. The van der Waals surface area contributed by atoms with Gasteiger partial charge in [0.1, 0.15) is 15.9 Å². The summed E-state index contributed by atoms with van der Waals surface area (Å²) in [5, 5.41) is 3.30. The Bertz CT molecular complexity index is 741. The van der Waals surface area contributed by atoms with E-state index in [0.717, 1.165) is 15.9 Å². The van der Waals surface area contributed by atoms with Crippen molar-refractivity contribution in [2.45, 2.75) is 4.84 Å². The number of amidine groups is 1. The molecule has 2 nitrogen and oxygen atoms in total. The molecule has 3 aromatic carbocycles. The zero-order valence-electron chi connectivity index (χ0n) is 13.5. The molecule has 5 heteroatoms. The van der Waals surface area contributed by atoms with Gasteiger partial charge in [0.15, 0.2) is 10.7 Å². The van der Waals surface area contributed by atoms with Crippen LogP contribution in [0, 0.1) is 0 Å². The largest absolute Gasteiger partial charge is 0.382 e. The molecule has 0 amide bonds. The van der Waals surface area contributed by atoms with E-state index in [-0.39, 0.29) is 5.84 Å². The smallest absolute Gasteiger partial charge is 0.231 e. The van der Waals surface area contributed by atoms with Gasteiger partial charge in [-0.1, -0.05) is 82.6 Å². The van der Waals surface area contributed by atoms with Crippen molar-refractivity contribution in [1.82, 2.24) is 0 Å². The summed E-state index contributed by atoms with van der Waals surface area (Å²) >= 11 is 12.0. The Morgan fingerprint density at radius 1 is 0.680 bits per heavy atom. The molecule has 0 aliphatic carbocycles. The number of nitrogens with two attached hydrogens (primary N) is 1. The van der Waals surface area contributed by atoms with Gasteiger partial charge < -0.3 is 5.73 Å². The molecule has 3 rings (SSSR count). The molecule has 0 fully saturated rings. The molecule has 0 aromatic heterocycles. The van der Waals surface area contributed by atoms with Crippen LogP contribution in [0.15, 0.2) is 95.8 Å². The van der Waals surface area contributed by atoms with Crippen LogP contribution in [0.3, 0.4) is 0 Å². The van der Waals surface area contributed by atoms with Gasteiger partial charge in [0, 0.05) is 0 Å². The molecule has 25 heavy (non-hydrogen) atoms. The summed E-state index contributed by atoms with van der Waals surface area (Å²) in [7, 11) is -2.37. The highest BCUT2D eigenvalue weighted by atomic mass is 35.5. The zero-order valence-corrected chi connectivity index (χ0v) is 15.9. The first kappa shape index (κ1) is 17.9. The van der Waals surface area contributed by atoms with E-state index >= 15 is 0 Å². The first-order valence-electron chi connectivity index (χ1n) is 7.84. The Morgan fingerprint density at radius 3 is 1.28 bits per heavy atom. The number of benzene rings is 3. The van der Waals surface area contributed by atoms with E-state index in [4.69, 9.17) is 33.7 Å². The summed E-state index contributed by atoms with van der Waals surface area (Å²) in [5.41, 5.74) is 6.13. The topological polar surface area (TPSA) is 38.4 Å². The molecule has 0 unspecified atom stereocenters. The van der Waals surface area contributed by atoms with E-state index in [9.17, 15) is 0 Å². The lowest BCUT2D eigenvalue weighted by Gasteiger charge is -2.22. The molecule has 0 saturated carbocycles. The van der Waals surface area contributed by atoms with Crippen LogP contribution in [0.2, 0.25) is 0 Å². The second kappa shape index (κ2) is 8.01. The van der Waals surface area contributed by atoms with Crippen LogP contribution in [-0.4, -0.2) is 10.7 Å². The van der Waals surface area contributed by atoms with Crippen molar-refractivity contribution < 1.29 is 0 Å². The average Bonchev–Trinajstić information content (AvgIpc) is 2.68. The maximum atomic E-state index is 6.13. The molecule has 2 N–H and O–H groups in total. The Morgan fingerprint density at radius 2 is 1.00 bits per heavy atom. The minimum atomic E-state index is -2.37. The van der Waals surface area contributed by atoms with E-state index < -0.39 is 12.2 Å². The standard InChI is InChI=1S/C20H18Cl2N2P/c21-19(22)20(23)24-25(16-10-4-1-5-11-16,17-12-6-2-7-13-17)18-14-8-3-9-15-18/h1-15,19H,(H2,23,24)/q+1. The van der Waals surface area contributed by atoms with Crippen LogP contribution >= 0.6 is 30.6 Å². The van der Waals surface area contributed by atoms with Crippen LogP contribution in [0.4, 0.5) is 0 Å². The quantitative estimate of drug-likeness (QED) is 0.305. The first-order chi connectivity index (χ1) is 12.1. The summed E-state index contributed by atoms with van der Waals surface area (Å²) in [6.45, 7) is 0. The van der Waals surface area contributed by atoms with E-state index in [1.54, 1.807) is 0 Å². The summed E-state index contributed by atoms with van der Waals surface area (Å²) in [5.74, 6) is 0.230. The van der Waals surface area contributed by atoms with Gasteiger partial charge in [-0.25, -0.2) is 0 Å². The number of hydrogen-bond donors (Lipinski definition) is 1. The second-order valence-electron chi connectivity index (χ2n) is 5.47. The fraction of sp³-hybridized carbons (Fsp3) is 0.0500. The van der Waals surface area contributed by atoms with Crippen LogP contribution in [-0.2, 0) is 0 Å². The van der Waals surface area contributed by atoms with Gasteiger partial charge in [0.2, 0.25) is 7.41 Å². The number of nitrogens with zero attached hydrogens (tertiary/aromatic N) is 1. The molecule has 0 atom stereocenters. The van der Waals surface area contributed by atoms with Crippen molar-refractivity contribution in [2.24, 2.45) is 10.5 Å². The van der Waals surface area contributed by atoms with Gasteiger partial charge in [-0.05, 0) is 36.4 Å². The average molecular weight is 388 g/mol. The van der Waals surface area contributed by atoms with Gasteiger partial charge in [0.25, 0.3) is 0 Å². The van der Waals surface area contributed by atoms with E-state index in [1.165, 1.54) is 0 Å². The molecule has 0 aliphatic heterocycles. The highest BCUT2D eigenvalue weighted by molar-refractivity contribution is 7.94. The Kier molecular flexibility index (Phi) is 5.75. The van der Waals surface area contributed by atoms with Crippen molar-refractivity contribution >= 4 is 52.4 Å². The number of rotatable bonds is 5. The highest BCUT2D eigenvalue weighted by Crippen LogP contribution is 2.57. The van der Waals surface area contributed by atoms with Crippen molar-refractivity contribution in [3.8, 4) is 0 Å². The zero-order chi connectivity index (χ0) is 17.7. The third-order valence-electron chi connectivity index (χ3n) is 3.88. The van der Waals surface area contributed by atoms with Crippen molar-refractivity contribution in [1.29, 1.82) is 0 Å².